The monoisotopic (exact) mass is 312 g/mol. The van der Waals surface area contributed by atoms with E-state index in [0.717, 1.165) is 0 Å². The number of carboxylic acids is 1. The molecule has 0 atom stereocenters. The Kier molecular flexibility index (Phi) is 4.13. The molecule has 0 saturated heterocycles. The lowest BCUT2D eigenvalue weighted by Crippen LogP contribution is -2.16. The van der Waals surface area contributed by atoms with E-state index < -0.39 is 29.1 Å². The van der Waals surface area contributed by atoms with Crippen LogP contribution in [0.2, 0.25) is 5.02 Å². The number of aromatic nitrogens is 1. The van der Waals surface area contributed by atoms with Gasteiger partial charge in [0.2, 0.25) is 0 Å². The van der Waals surface area contributed by atoms with Gasteiger partial charge in [0.05, 0.1) is 11.3 Å². The van der Waals surface area contributed by atoms with Gasteiger partial charge in [-0.25, -0.2) is 13.6 Å². The Balaban J connectivity index is 2.37. The van der Waals surface area contributed by atoms with Gasteiger partial charge >= 0.3 is 5.97 Å². The molecule has 2 aromatic rings. The maximum Gasteiger partial charge on any atom is 0.337 e. The maximum atomic E-state index is 13.2. The number of hydrogen-bond acceptors (Lipinski definition) is 3. The molecule has 21 heavy (non-hydrogen) atoms. The fraction of sp³-hybridized carbons (Fsp3) is 0. The fourth-order valence-corrected chi connectivity index (χ4v) is 1.70. The summed E-state index contributed by atoms with van der Waals surface area (Å²) in [6.07, 6.45) is 1.28. The van der Waals surface area contributed by atoms with Crippen molar-refractivity contribution >= 4 is 29.2 Å². The molecule has 0 radical (unpaired) electrons. The molecule has 108 valence electrons. The number of amides is 1. The van der Waals surface area contributed by atoms with Crippen molar-refractivity contribution in [2.24, 2.45) is 0 Å². The predicted molar refractivity (Wildman–Crippen MR) is 70.5 cm³/mol. The van der Waals surface area contributed by atoms with E-state index in [2.05, 4.69) is 10.3 Å². The molecule has 5 nitrogen and oxygen atoms in total. The van der Waals surface area contributed by atoms with Gasteiger partial charge in [-0.05, 0) is 18.2 Å². The highest BCUT2D eigenvalue weighted by molar-refractivity contribution is 6.31. The highest BCUT2D eigenvalue weighted by Crippen LogP contribution is 2.21. The second-order valence-electron chi connectivity index (χ2n) is 3.93. The van der Waals surface area contributed by atoms with Crippen molar-refractivity contribution < 1.29 is 23.5 Å². The van der Waals surface area contributed by atoms with Crippen LogP contribution >= 0.6 is 11.6 Å². The van der Waals surface area contributed by atoms with Crippen molar-refractivity contribution in [2.45, 2.75) is 0 Å². The second-order valence-corrected chi connectivity index (χ2v) is 4.37. The van der Waals surface area contributed by atoms with E-state index in [0.29, 0.717) is 12.1 Å². The van der Waals surface area contributed by atoms with Crippen LogP contribution < -0.4 is 5.32 Å². The maximum absolute atomic E-state index is 13.2. The Bertz CT molecular complexity index is 737. The average molecular weight is 313 g/mol. The molecule has 1 aromatic carbocycles. The Morgan fingerprint density at radius 2 is 1.86 bits per heavy atom. The first-order valence-electron chi connectivity index (χ1n) is 5.53. The number of carboxylic acid groups (broad SMARTS) is 1. The molecule has 0 spiro atoms. The smallest absolute Gasteiger partial charge is 0.337 e. The SMILES string of the molecule is O=C(Nc1cc(F)c(F)cc1C(=O)O)c1cc(Cl)ccn1. The lowest BCUT2D eigenvalue weighted by Gasteiger charge is -2.09. The Hall–Kier alpha value is -2.54. The van der Waals surface area contributed by atoms with E-state index in [1.54, 1.807) is 0 Å². The van der Waals surface area contributed by atoms with Crippen LogP contribution in [0, 0.1) is 11.6 Å². The van der Waals surface area contributed by atoms with Crippen LogP contribution in [0.25, 0.3) is 0 Å². The summed E-state index contributed by atoms with van der Waals surface area (Å²) in [5, 5.41) is 11.3. The Morgan fingerprint density at radius 3 is 2.48 bits per heavy atom. The van der Waals surface area contributed by atoms with Gasteiger partial charge in [0.25, 0.3) is 5.91 Å². The van der Waals surface area contributed by atoms with Gasteiger partial charge in [0, 0.05) is 17.3 Å². The van der Waals surface area contributed by atoms with E-state index in [1.807, 2.05) is 0 Å². The lowest BCUT2D eigenvalue weighted by atomic mass is 10.1. The molecule has 0 bridgehead atoms. The number of pyridine rings is 1. The molecule has 0 saturated carbocycles. The minimum Gasteiger partial charge on any atom is -0.478 e. The number of aromatic carboxylic acids is 1. The van der Waals surface area contributed by atoms with Crippen molar-refractivity contribution in [3.8, 4) is 0 Å². The van der Waals surface area contributed by atoms with Crippen LogP contribution in [0.5, 0.6) is 0 Å². The van der Waals surface area contributed by atoms with Crippen LogP contribution in [-0.4, -0.2) is 22.0 Å². The third-order valence-corrected chi connectivity index (χ3v) is 2.73. The van der Waals surface area contributed by atoms with Crippen LogP contribution in [-0.2, 0) is 0 Å². The first kappa shape index (κ1) is 14.9. The second kappa shape index (κ2) is 5.84. The third-order valence-electron chi connectivity index (χ3n) is 2.49. The number of halogens is 3. The standard InChI is InChI=1S/C13H7ClF2N2O3/c14-6-1-2-17-11(3-6)12(19)18-10-5-9(16)8(15)4-7(10)13(20)21/h1-5H,(H,18,19)(H,20,21). The molecule has 0 aliphatic rings. The summed E-state index contributed by atoms with van der Waals surface area (Å²) in [5.41, 5.74) is -1.05. The highest BCUT2D eigenvalue weighted by atomic mass is 35.5. The molecule has 8 heteroatoms. The minimum absolute atomic E-state index is 0.0939. The summed E-state index contributed by atoms with van der Waals surface area (Å²) >= 11 is 5.70. The zero-order valence-corrected chi connectivity index (χ0v) is 11.0. The topological polar surface area (TPSA) is 79.3 Å². The zero-order valence-electron chi connectivity index (χ0n) is 10.2. The van der Waals surface area contributed by atoms with Gasteiger partial charge in [0.15, 0.2) is 11.6 Å². The van der Waals surface area contributed by atoms with Gasteiger partial charge in [0.1, 0.15) is 5.69 Å². The van der Waals surface area contributed by atoms with E-state index >= 15 is 0 Å². The van der Waals surface area contributed by atoms with Crippen molar-refractivity contribution in [2.75, 3.05) is 5.32 Å². The zero-order chi connectivity index (χ0) is 15.6. The number of anilines is 1. The van der Waals surface area contributed by atoms with Crippen LogP contribution in [0.4, 0.5) is 14.5 Å². The van der Waals surface area contributed by atoms with Crippen molar-refractivity contribution in [3.63, 3.8) is 0 Å². The summed E-state index contributed by atoms with van der Waals surface area (Å²) in [6, 6.07) is 3.76. The van der Waals surface area contributed by atoms with Gasteiger partial charge in [-0.15, -0.1) is 0 Å². The Labute approximate surface area is 122 Å². The number of carbonyl (C=O) groups is 2. The highest BCUT2D eigenvalue weighted by Gasteiger charge is 2.18. The number of carbonyl (C=O) groups excluding carboxylic acids is 1. The molecule has 2 N–H and O–H groups in total. The van der Waals surface area contributed by atoms with E-state index in [-0.39, 0.29) is 16.4 Å². The third kappa shape index (κ3) is 3.32. The number of rotatable bonds is 3. The fourth-order valence-electron chi connectivity index (χ4n) is 1.54. The summed E-state index contributed by atoms with van der Waals surface area (Å²) in [5.74, 6) is -4.92. The molecule has 2 rings (SSSR count). The number of hydrogen-bond donors (Lipinski definition) is 2. The van der Waals surface area contributed by atoms with Gasteiger partial charge in [-0.2, -0.15) is 0 Å². The van der Waals surface area contributed by atoms with Gasteiger partial charge in [-0.1, -0.05) is 11.6 Å². The molecular formula is C13H7ClF2N2O3. The minimum atomic E-state index is -1.51. The molecule has 1 amide bonds. The van der Waals surface area contributed by atoms with E-state index in [4.69, 9.17) is 16.7 Å². The molecule has 0 aliphatic carbocycles. The number of benzene rings is 1. The summed E-state index contributed by atoms with van der Waals surface area (Å²) < 4.78 is 26.2. The van der Waals surface area contributed by atoms with Crippen LogP contribution in [0.1, 0.15) is 20.8 Å². The van der Waals surface area contributed by atoms with Crippen molar-refractivity contribution in [3.05, 3.63) is 58.4 Å². The molecule has 0 fully saturated rings. The Morgan fingerprint density at radius 1 is 1.19 bits per heavy atom. The first-order chi connectivity index (χ1) is 9.88. The van der Waals surface area contributed by atoms with Crippen molar-refractivity contribution in [1.82, 2.24) is 4.98 Å². The van der Waals surface area contributed by atoms with E-state index in [1.165, 1.54) is 18.3 Å². The van der Waals surface area contributed by atoms with E-state index in [9.17, 15) is 18.4 Å². The normalized spacial score (nSPS) is 10.2. The molecule has 0 unspecified atom stereocenters. The first-order valence-corrected chi connectivity index (χ1v) is 5.91. The number of nitrogens with zero attached hydrogens (tertiary/aromatic N) is 1. The van der Waals surface area contributed by atoms with Gasteiger partial charge in [-0.3, -0.25) is 9.78 Å². The lowest BCUT2D eigenvalue weighted by molar-refractivity contribution is 0.0697. The molecule has 1 heterocycles. The quantitative estimate of drug-likeness (QED) is 0.913. The van der Waals surface area contributed by atoms with Gasteiger partial charge < -0.3 is 10.4 Å². The largest absolute Gasteiger partial charge is 0.478 e. The summed E-state index contributed by atoms with van der Waals surface area (Å²) in [7, 11) is 0. The van der Waals surface area contributed by atoms with Crippen molar-refractivity contribution in [1.29, 1.82) is 0 Å². The average Bonchev–Trinajstić information content (AvgIpc) is 2.42. The van der Waals surface area contributed by atoms with Crippen LogP contribution in [0.15, 0.2) is 30.5 Å². The van der Waals surface area contributed by atoms with Crippen LogP contribution in [0.3, 0.4) is 0 Å². The molecular weight excluding hydrogens is 306 g/mol. The molecule has 0 aliphatic heterocycles. The summed E-state index contributed by atoms with van der Waals surface area (Å²) in [4.78, 5) is 26.6. The predicted octanol–water partition coefficient (Wildman–Crippen LogP) is 2.96. The summed E-state index contributed by atoms with van der Waals surface area (Å²) in [6.45, 7) is 0. The molecule has 1 aromatic heterocycles. The number of nitrogens with one attached hydrogen (secondary N) is 1.